The van der Waals surface area contributed by atoms with Gasteiger partial charge in [0.1, 0.15) is 0 Å². The molecule has 12 rings (SSSR count). The maximum Gasteiger partial charge on any atom is 0.160 e. The van der Waals surface area contributed by atoms with Crippen LogP contribution in [0.2, 0.25) is 0 Å². The van der Waals surface area contributed by atoms with Gasteiger partial charge in [0.15, 0.2) is 5.82 Å². The van der Waals surface area contributed by atoms with Crippen LogP contribution in [-0.4, -0.2) is 9.97 Å². The molecule has 3 heteroatoms. The van der Waals surface area contributed by atoms with Crippen LogP contribution in [0.15, 0.2) is 218 Å². The van der Waals surface area contributed by atoms with E-state index in [0.29, 0.717) is 5.82 Å². The van der Waals surface area contributed by atoms with Gasteiger partial charge in [0.05, 0.1) is 11.4 Å². The zero-order chi connectivity index (χ0) is 42.8. The number of aromatic nitrogens is 2. The van der Waals surface area contributed by atoms with Crippen molar-refractivity contribution >= 4 is 31.5 Å². The molecule has 9 aromatic carbocycles. The summed E-state index contributed by atoms with van der Waals surface area (Å²) in [6, 6.07) is 79.1. The summed E-state index contributed by atoms with van der Waals surface area (Å²) in [5.41, 5.74) is 19.6. The van der Waals surface area contributed by atoms with Crippen molar-refractivity contribution in [3.05, 3.63) is 230 Å². The zero-order valence-electron chi connectivity index (χ0n) is 35.6. The lowest BCUT2D eigenvalue weighted by atomic mass is 9.82. The Balaban J connectivity index is 1.01. The lowest BCUT2D eigenvalue weighted by molar-refractivity contribution is 0.660. The van der Waals surface area contributed by atoms with Crippen LogP contribution in [0.4, 0.5) is 0 Å². The van der Waals surface area contributed by atoms with Gasteiger partial charge < -0.3 is 0 Å². The third-order valence-corrected chi connectivity index (χ3v) is 14.3. The molecule has 0 spiro atoms. The highest BCUT2D eigenvalue weighted by Crippen LogP contribution is 2.50. The van der Waals surface area contributed by atoms with Crippen LogP contribution in [0.5, 0.6) is 0 Å². The summed E-state index contributed by atoms with van der Waals surface area (Å²) < 4.78 is 2.58. The molecule has 11 aromatic rings. The van der Waals surface area contributed by atoms with Crippen molar-refractivity contribution in [1.29, 1.82) is 0 Å². The standard InChI is InChI=1S/C61H42N2S/c1-61(2)54-25-11-9-21-50(54)53-37-45(31-32-55(53)61)40-27-29-41(30-28-40)56-38-57(63-60(62-56)42-17-7-4-8-18-42)48-35-46(44-20-13-19-43(33-44)39-15-5-3-6-16-39)34-47(36-48)49-23-14-24-52-51-22-10-12-26-58(51)64-59(49)52/h3-38H,1-2H3. The Labute approximate surface area is 377 Å². The molecule has 2 nitrogen and oxygen atoms in total. The van der Waals surface area contributed by atoms with E-state index in [1.54, 1.807) is 0 Å². The molecule has 302 valence electrons. The Bertz CT molecular complexity index is 3560. The highest BCUT2D eigenvalue weighted by Gasteiger charge is 2.35. The summed E-state index contributed by atoms with van der Waals surface area (Å²) in [7, 11) is 0. The fraction of sp³-hybridized carbons (Fsp3) is 0.0492. The zero-order valence-corrected chi connectivity index (χ0v) is 36.4. The predicted octanol–water partition coefficient (Wildman–Crippen LogP) is 16.8. The molecule has 2 heterocycles. The smallest absolute Gasteiger partial charge is 0.160 e. The molecule has 0 unspecified atom stereocenters. The Morgan fingerprint density at radius 2 is 0.844 bits per heavy atom. The average Bonchev–Trinajstić information content (AvgIpc) is 3.86. The molecule has 0 radical (unpaired) electrons. The maximum atomic E-state index is 5.35. The number of nitrogens with zero attached hydrogens (tertiary/aromatic N) is 2. The van der Waals surface area contributed by atoms with Gasteiger partial charge in [-0.05, 0) is 109 Å². The van der Waals surface area contributed by atoms with Crippen LogP contribution in [0, 0.1) is 0 Å². The van der Waals surface area contributed by atoms with Gasteiger partial charge in [-0.15, -0.1) is 11.3 Å². The number of benzene rings is 9. The first-order valence-electron chi connectivity index (χ1n) is 22.0. The SMILES string of the molecule is CC1(C)c2ccccc2-c2cc(-c3ccc(-c4cc(-c5cc(-c6cccc(-c7ccccc7)c6)cc(-c6cccc7c6sc6ccccc67)c5)nc(-c5ccccc5)n4)cc3)ccc21. The molecule has 0 saturated carbocycles. The van der Waals surface area contributed by atoms with Gasteiger partial charge in [0, 0.05) is 42.3 Å². The first-order valence-corrected chi connectivity index (χ1v) is 22.8. The van der Waals surface area contributed by atoms with Crippen molar-refractivity contribution in [2.45, 2.75) is 19.3 Å². The molecule has 0 amide bonds. The van der Waals surface area contributed by atoms with Gasteiger partial charge in [0.2, 0.25) is 0 Å². The second-order valence-corrected chi connectivity index (χ2v) is 18.4. The molecule has 0 aliphatic heterocycles. The topological polar surface area (TPSA) is 25.8 Å². The predicted molar refractivity (Wildman–Crippen MR) is 271 cm³/mol. The van der Waals surface area contributed by atoms with Crippen molar-refractivity contribution in [3.8, 4) is 89.5 Å². The molecule has 0 fully saturated rings. The van der Waals surface area contributed by atoms with Crippen molar-refractivity contribution < 1.29 is 0 Å². The normalized spacial score (nSPS) is 12.7. The summed E-state index contributed by atoms with van der Waals surface area (Å²) in [6.45, 7) is 4.66. The van der Waals surface area contributed by atoms with Crippen molar-refractivity contribution in [1.82, 2.24) is 9.97 Å². The van der Waals surface area contributed by atoms with E-state index in [9.17, 15) is 0 Å². The van der Waals surface area contributed by atoms with Crippen LogP contribution in [0.3, 0.4) is 0 Å². The number of hydrogen-bond donors (Lipinski definition) is 0. The summed E-state index contributed by atoms with van der Waals surface area (Å²) in [6.07, 6.45) is 0. The second-order valence-electron chi connectivity index (χ2n) is 17.4. The van der Waals surface area contributed by atoms with Crippen LogP contribution in [0.1, 0.15) is 25.0 Å². The van der Waals surface area contributed by atoms with Crippen LogP contribution < -0.4 is 0 Å². The number of rotatable bonds is 7. The fourth-order valence-electron chi connectivity index (χ4n) is 9.77. The quantitative estimate of drug-likeness (QED) is 0.160. The van der Waals surface area contributed by atoms with Gasteiger partial charge in [0.25, 0.3) is 0 Å². The Morgan fingerprint density at radius 3 is 1.66 bits per heavy atom. The van der Waals surface area contributed by atoms with E-state index in [4.69, 9.17) is 9.97 Å². The molecule has 2 aromatic heterocycles. The third kappa shape index (κ3) is 6.56. The van der Waals surface area contributed by atoms with E-state index < -0.39 is 0 Å². The largest absolute Gasteiger partial charge is 0.228 e. The summed E-state index contributed by atoms with van der Waals surface area (Å²) in [5.74, 6) is 0.696. The highest BCUT2D eigenvalue weighted by molar-refractivity contribution is 7.26. The van der Waals surface area contributed by atoms with Gasteiger partial charge >= 0.3 is 0 Å². The van der Waals surface area contributed by atoms with Gasteiger partial charge in [-0.3, -0.25) is 0 Å². The summed E-state index contributed by atoms with van der Waals surface area (Å²) >= 11 is 1.86. The minimum Gasteiger partial charge on any atom is -0.228 e. The number of hydrogen-bond acceptors (Lipinski definition) is 3. The summed E-state index contributed by atoms with van der Waals surface area (Å²) in [5, 5.41) is 2.57. The lowest BCUT2D eigenvalue weighted by Gasteiger charge is -2.21. The van der Waals surface area contributed by atoms with Crippen molar-refractivity contribution in [3.63, 3.8) is 0 Å². The molecular formula is C61H42N2S. The van der Waals surface area contributed by atoms with Crippen LogP contribution >= 0.6 is 11.3 Å². The van der Waals surface area contributed by atoms with E-state index >= 15 is 0 Å². The van der Waals surface area contributed by atoms with E-state index in [-0.39, 0.29) is 5.41 Å². The number of fused-ring (bicyclic) bond motifs is 6. The first kappa shape index (κ1) is 38.0. The molecule has 64 heavy (non-hydrogen) atoms. The Kier molecular flexibility index (Phi) is 9.06. The van der Waals surface area contributed by atoms with Gasteiger partial charge in [-0.1, -0.05) is 190 Å². The first-order chi connectivity index (χ1) is 31.4. The fourth-order valence-corrected chi connectivity index (χ4v) is 11.0. The second kappa shape index (κ2) is 15.3. The highest BCUT2D eigenvalue weighted by atomic mass is 32.1. The van der Waals surface area contributed by atoms with Gasteiger partial charge in [-0.2, -0.15) is 0 Å². The lowest BCUT2D eigenvalue weighted by Crippen LogP contribution is -2.14. The maximum absolute atomic E-state index is 5.35. The molecule has 0 saturated heterocycles. The molecular weight excluding hydrogens is 793 g/mol. The van der Waals surface area contributed by atoms with E-state index in [1.807, 2.05) is 17.4 Å². The minimum absolute atomic E-state index is 0.0199. The Hall–Kier alpha value is -7.72. The average molecular weight is 835 g/mol. The van der Waals surface area contributed by atoms with Crippen molar-refractivity contribution in [2.75, 3.05) is 0 Å². The molecule has 1 aliphatic rings. The summed E-state index contributed by atoms with van der Waals surface area (Å²) in [4.78, 5) is 10.6. The Morgan fingerprint density at radius 1 is 0.328 bits per heavy atom. The molecule has 0 atom stereocenters. The van der Waals surface area contributed by atoms with E-state index in [2.05, 4.69) is 226 Å². The molecule has 1 aliphatic carbocycles. The monoisotopic (exact) mass is 834 g/mol. The molecule has 0 bridgehead atoms. The minimum atomic E-state index is -0.0199. The number of thiophene rings is 1. The van der Waals surface area contributed by atoms with E-state index in [0.717, 1.165) is 44.8 Å². The van der Waals surface area contributed by atoms with E-state index in [1.165, 1.54) is 70.2 Å². The molecule has 0 N–H and O–H groups in total. The van der Waals surface area contributed by atoms with Crippen molar-refractivity contribution in [2.24, 2.45) is 0 Å². The third-order valence-electron chi connectivity index (χ3n) is 13.1. The van der Waals surface area contributed by atoms with Crippen LogP contribution in [-0.2, 0) is 5.41 Å². The van der Waals surface area contributed by atoms with Crippen LogP contribution in [0.25, 0.3) is 110 Å². The van der Waals surface area contributed by atoms with Gasteiger partial charge in [-0.25, -0.2) is 9.97 Å².